The number of thioether (sulfide) groups is 1. The number of pyridine rings is 1. The van der Waals surface area contributed by atoms with Gasteiger partial charge in [0.05, 0.1) is 18.1 Å². The Balaban J connectivity index is 1.82. The summed E-state index contributed by atoms with van der Waals surface area (Å²) in [5.41, 5.74) is 1.86. The molecule has 0 saturated carbocycles. The van der Waals surface area contributed by atoms with Crippen LogP contribution in [0.2, 0.25) is 0 Å². The van der Waals surface area contributed by atoms with E-state index in [4.69, 9.17) is 4.74 Å². The van der Waals surface area contributed by atoms with Crippen molar-refractivity contribution in [3.8, 4) is 11.4 Å². The number of methoxy groups -OCH3 is 1. The molecule has 1 aromatic carbocycles. The topological polar surface area (TPSA) is 96.0 Å². The van der Waals surface area contributed by atoms with Gasteiger partial charge in [-0.15, -0.1) is 10.2 Å². The van der Waals surface area contributed by atoms with Crippen molar-refractivity contribution in [1.82, 2.24) is 19.7 Å². The summed E-state index contributed by atoms with van der Waals surface area (Å²) in [6, 6.07) is 10.4. The first-order valence-electron chi connectivity index (χ1n) is 7.87. The predicted molar refractivity (Wildman–Crippen MR) is 97.8 cm³/mol. The monoisotopic (exact) mass is 371 g/mol. The number of ether oxygens (including phenoxy) is 1. The van der Waals surface area contributed by atoms with Crippen molar-refractivity contribution < 1.29 is 9.66 Å². The first kappa shape index (κ1) is 18.0. The Morgan fingerprint density at radius 3 is 2.77 bits per heavy atom. The van der Waals surface area contributed by atoms with Gasteiger partial charge in [-0.3, -0.25) is 19.7 Å². The first-order valence-corrected chi connectivity index (χ1v) is 8.86. The fraction of sp³-hybridized carbons (Fsp3) is 0.235. The van der Waals surface area contributed by atoms with Gasteiger partial charge in [0.15, 0.2) is 11.0 Å². The van der Waals surface area contributed by atoms with Crippen LogP contribution in [-0.4, -0.2) is 38.4 Å². The normalized spacial score (nSPS) is 10.8. The van der Waals surface area contributed by atoms with Gasteiger partial charge in [0.2, 0.25) is 0 Å². The Kier molecular flexibility index (Phi) is 5.92. The molecule has 0 aliphatic carbocycles. The van der Waals surface area contributed by atoms with E-state index >= 15 is 0 Å². The van der Waals surface area contributed by atoms with E-state index in [-0.39, 0.29) is 5.69 Å². The summed E-state index contributed by atoms with van der Waals surface area (Å²) in [7, 11) is 1.65. The molecule has 2 heterocycles. The van der Waals surface area contributed by atoms with Crippen LogP contribution in [0, 0.1) is 10.1 Å². The number of nitro benzene ring substituents is 1. The van der Waals surface area contributed by atoms with Crippen LogP contribution in [-0.2, 0) is 17.0 Å². The van der Waals surface area contributed by atoms with Crippen molar-refractivity contribution in [3.63, 3.8) is 0 Å². The first-order chi connectivity index (χ1) is 12.7. The minimum absolute atomic E-state index is 0.0847. The highest BCUT2D eigenvalue weighted by molar-refractivity contribution is 7.98. The second-order valence-electron chi connectivity index (χ2n) is 5.40. The van der Waals surface area contributed by atoms with E-state index in [1.165, 1.54) is 17.8 Å². The van der Waals surface area contributed by atoms with Gasteiger partial charge in [-0.25, -0.2) is 0 Å². The zero-order valence-electron chi connectivity index (χ0n) is 14.1. The summed E-state index contributed by atoms with van der Waals surface area (Å²) in [6.07, 6.45) is 3.42. The Hall–Kier alpha value is -2.78. The number of nitro groups is 1. The molecule has 0 atom stereocenters. The van der Waals surface area contributed by atoms with Gasteiger partial charge < -0.3 is 4.74 Å². The van der Waals surface area contributed by atoms with Crippen molar-refractivity contribution in [1.29, 1.82) is 0 Å². The lowest BCUT2D eigenvalue weighted by atomic mass is 10.2. The number of nitrogens with zero attached hydrogens (tertiary/aromatic N) is 5. The average Bonchev–Trinajstić information content (AvgIpc) is 3.08. The van der Waals surface area contributed by atoms with E-state index in [1.54, 1.807) is 31.6 Å². The summed E-state index contributed by atoms with van der Waals surface area (Å²) < 4.78 is 7.18. The van der Waals surface area contributed by atoms with E-state index < -0.39 is 4.92 Å². The second-order valence-corrected chi connectivity index (χ2v) is 6.34. The predicted octanol–water partition coefficient (Wildman–Crippen LogP) is 3.19. The average molecular weight is 371 g/mol. The molecule has 2 aromatic heterocycles. The summed E-state index contributed by atoms with van der Waals surface area (Å²) in [5.74, 6) is 1.30. The van der Waals surface area contributed by atoms with Crippen LogP contribution in [0.15, 0.2) is 53.9 Å². The maximum atomic E-state index is 10.9. The third-order valence-electron chi connectivity index (χ3n) is 3.66. The van der Waals surface area contributed by atoms with Gasteiger partial charge in [0.25, 0.3) is 5.69 Å². The minimum atomic E-state index is -0.392. The Morgan fingerprint density at radius 2 is 2.04 bits per heavy atom. The molecule has 134 valence electrons. The van der Waals surface area contributed by atoms with Crippen LogP contribution in [0.25, 0.3) is 11.4 Å². The van der Waals surface area contributed by atoms with E-state index in [2.05, 4.69) is 15.2 Å². The van der Waals surface area contributed by atoms with Gasteiger partial charge in [-0.1, -0.05) is 23.9 Å². The molecule has 0 amide bonds. The molecule has 3 aromatic rings. The van der Waals surface area contributed by atoms with Gasteiger partial charge in [0, 0.05) is 43.0 Å². The lowest BCUT2D eigenvalue weighted by Crippen LogP contribution is -2.07. The number of benzene rings is 1. The van der Waals surface area contributed by atoms with Crippen LogP contribution in [0.5, 0.6) is 0 Å². The van der Waals surface area contributed by atoms with Crippen LogP contribution >= 0.6 is 11.8 Å². The maximum Gasteiger partial charge on any atom is 0.269 e. The number of aromatic nitrogens is 4. The smallest absolute Gasteiger partial charge is 0.269 e. The van der Waals surface area contributed by atoms with Crippen LogP contribution < -0.4 is 0 Å². The molecule has 3 rings (SSSR count). The summed E-state index contributed by atoms with van der Waals surface area (Å²) in [6.45, 7) is 1.14. The number of rotatable bonds is 8. The zero-order valence-corrected chi connectivity index (χ0v) is 14.9. The summed E-state index contributed by atoms with van der Waals surface area (Å²) >= 11 is 1.48. The summed E-state index contributed by atoms with van der Waals surface area (Å²) in [4.78, 5) is 14.5. The van der Waals surface area contributed by atoms with Gasteiger partial charge in [-0.05, 0) is 17.7 Å². The van der Waals surface area contributed by atoms with Crippen molar-refractivity contribution in [3.05, 3.63) is 64.5 Å². The maximum absolute atomic E-state index is 10.9. The third-order valence-corrected chi connectivity index (χ3v) is 4.70. The Bertz CT molecular complexity index is 885. The second kappa shape index (κ2) is 8.54. The minimum Gasteiger partial charge on any atom is -0.383 e. The van der Waals surface area contributed by atoms with E-state index in [9.17, 15) is 10.1 Å². The molecule has 26 heavy (non-hydrogen) atoms. The highest BCUT2D eigenvalue weighted by atomic mass is 32.2. The highest BCUT2D eigenvalue weighted by Gasteiger charge is 2.15. The molecule has 0 aliphatic rings. The number of hydrogen-bond donors (Lipinski definition) is 0. The molecule has 8 nitrogen and oxygen atoms in total. The quantitative estimate of drug-likeness (QED) is 0.341. The molecular formula is C17H17N5O3S. The van der Waals surface area contributed by atoms with E-state index in [0.717, 1.165) is 22.1 Å². The molecule has 9 heteroatoms. The largest absolute Gasteiger partial charge is 0.383 e. The van der Waals surface area contributed by atoms with Crippen molar-refractivity contribution in [2.24, 2.45) is 0 Å². The molecule has 0 spiro atoms. The lowest BCUT2D eigenvalue weighted by molar-refractivity contribution is -0.384. The van der Waals surface area contributed by atoms with Gasteiger partial charge >= 0.3 is 0 Å². The van der Waals surface area contributed by atoms with Crippen molar-refractivity contribution >= 4 is 17.4 Å². The van der Waals surface area contributed by atoms with Crippen LogP contribution in [0.4, 0.5) is 5.69 Å². The molecule has 0 unspecified atom stereocenters. The zero-order chi connectivity index (χ0) is 18.4. The lowest BCUT2D eigenvalue weighted by Gasteiger charge is -2.09. The van der Waals surface area contributed by atoms with E-state index in [0.29, 0.717) is 18.9 Å². The van der Waals surface area contributed by atoms with Gasteiger partial charge in [-0.2, -0.15) is 0 Å². The third kappa shape index (κ3) is 4.24. The van der Waals surface area contributed by atoms with Gasteiger partial charge in [0.1, 0.15) is 0 Å². The molecule has 0 aliphatic heterocycles. The molecular weight excluding hydrogens is 354 g/mol. The fourth-order valence-corrected chi connectivity index (χ4v) is 3.31. The van der Waals surface area contributed by atoms with Crippen LogP contribution in [0.3, 0.4) is 0 Å². The Morgan fingerprint density at radius 1 is 1.23 bits per heavy atom. The Labute approximate surface area is 154 Å². The molecule has 0 saturated heterocycles. The fourth-order valence-electron chi connectivity index (χ4n) is 2.40. The van der Waals surface area contributed by atoms with Crippen molar-refractivity contribution in [2.45, 2.75) is 17.5 Å². The summed E-state index contributed by atoms with van der Waals surface area (Å²) in [5, 5.41) is 20.2. The number of hydrogen-bond acceptors (Lipinski definition) is 7. The molecule has 0 fully saturated rings. The number of non-ortho nitro benzene ring substituents is 1. The molecule has 0 N–H and O–H groups in total. The molecule has 0 radical (unpaired) electrons. The van der Waals surface area contributed by atoms with E-state index in [1.807, 2.05) is 22.8 Å². The highest BCUT2D eigenvalue weighted by Crippen LogP contribution is 2.27. The van der Waals surface area contributed by atoms with Crippen LogP contribution in [0.1, 0.15) is 5.56 Å². The molecule has 0 bridgehead atoms. The standard InChI is InChI=1S/C17H17N5O3S/c1-25-10-9-21-16(14-5-7-18-8-6-14)19-20-17(21)26-12-13-3-2-4-15(11-13)22(23)24/h2-8,11H,9-10,12H2,1H3. The van der Waals surface area contributed by atoms with Crippen molar-refractivity contribution in [2.75, 3.05) is 13.7 Å². The SMILES string of the molecule is COCCn1c(SCc2cccc([N+](=O)[O-])c2)nnc1-c1ccncc1.